The second-order valence-corrected chi connectivity index (χ2v) is 9.08. The Morgan fingerprint density at radius 1 is 1.00 bits per heavy atom. The summed E-state index contributed by atoms with van der Waals surface area (Å²) >= 11 is 5.41. The minimum absolute atomic E-state index is 0.272. The molecule has 2 aromatic rings. The van der Waals surface area contributed by atoms with Crippen molar-refractivity contribution in [1.82, 2.24) is 5.32 Å². The van der Waals surface area contributed by atoms with Crippen molar-refractivity contribution in [1.29, 1.82) is 0 Å². The lowest BCUT2D eigenvalue weighted by Gasteiger charge is -2.40. The first-order valence-corrected chi connectivity index (χ1v) is 10.7. The average molecular weight is 448 g/mol. The Kier molecular flexibility index (Phi) is 7.14. The molecule has 29 heavy (non-hydrogen) atoms. The average Bonchev–Trinajstić information content (AvgIpc) is 2.71. The maximum Gasteiger partial charge on any atom is 0.430 e. The van der Waals surface area contributed by atoms with Gasteiger partial charge in [-0.3, -0.25) is 4.79 Å². The van der Waals surface area contributed by atoms with Gasteiger partial charge in [-0.15, -0.1) is 11.6 Å². The van der Waals surface area contributed by atoms with Gasteiger partial charge in [0.05, 0.1) is 6.61 Å². The molecule has 1 atom stereocenters. The summed E-state index contributed by atoms with van der Waals surface area (Å²) in [4.78, 5) is 24.8. The van der Waals surface area contributed by atoms with E-state index in [0.29, 0.717) is 0 Å². The summed E-state index contributed by atoms with van der Waals surface area (Å²) in [5.74, 6) is -4.06. The Labute approximate surface area is 170 Å². The van der Waals surface area contributed by atoms with Gasteiger partial charge in [0, 0.05) is 10.6 Å². The van der Waals surface area contributed by atoms with E-state index in [1.807, 2.05) is 0 Å². The van der Waals surface area contributed by atoms with Crippen LogP contribution in [0.2, 0.25) is 0 Å². The molecule has 1 unspecified atom stereocenters. The minimum atomic E-state index is -5.47. The van der Waals surface area contributed by atoms with Gasteiger partial charge in [-0.25, -0.2) is 4.79 Å². The molecule has 0 aliphatic rings. The number of hydrogen-bond acceptors (Lipinski definition) is 4. The Morgan fingerprint density at radius 3 is 1.79 bits per heavy atom. The first kappa shape index (κ1) is 23.0. The van der Waals surface area contributed by atoms with Gasteiger partial charge >= 0.3 is 12.1 Å². The maximum absolute atomic E-state index is 14.6. The van der Waals surface area contributed by atoms with E-state index in [4.69, 9.17) is 11.6 Å². The highest BCUT2D eigenvalue weighted by Gasteiger charge is 2.73. The van der Waals surface area contributed by atoms with Gasteiger partial charge in [-0.2, -0.15) is 13.2 Å². The number of nitrogens with one attached hydrogen (secondary N) is 1. The number of esters is 1. The molecule has 0 fully saturated rings. The van der Waals surface area contributed by atoms with Crippen LogP contribution in [0.5, 0.6) is 0 Å². The zero-order valence-electron chi connectivity index (χ0n) is 15.3. The molecule has 1 amide bonds. The molecule has 0 heterocycles. The summed E-state index contributed by atoms with van der Waals surface area (Å²) < 4.78 is 62.8. The number of rotatable bonds is 7. The van der Waals surface area contributed by atoms with Crippen molar-refractivity contribution in [2.24, 2.45) is 0 Å². The van der Waals surface area contributed by atoms with E-state index in [0.717, 1.165) is 0 Å². The van der Waals surface area contributed by atoms with Gasteiger partial charge in [-0.05, 0) is 6.92 Å². The molecule has 10 heteroatoms. The number of benzene rings is 2. The predicted molar refractivity (Wildman–Crippen MR) is 104 cm³/mol. The van der Waals surface area contributed by atoms with Gasteiger partial charge in [0.15, 0.2) is 7.14 Å². The lowest BCUT2D eigenvalue weighted by Crippen LogP contribution is -2.66. The number of alkyl halides is 4. The van der Waals surface area contributed by atoms with Crippen LogP contribution in [-0.2, 0) is 18.9 Å². The first-order valence-electron chi connectivity index (χ1n) is 8.47. The standard InChI is InChI=1S/C19H18ClF3NO4P/c1-2-28-17(26)18(19(21,22)23,24-16(25)13-20)29(27,14-9-5-3-6-10-14)15-11-7-4-8-12-15/h3-12H,2,13H2,1H3,(H,24,25). The van der Waals surface area contributed by atoms with E-state index in [1.165, 1.54) is 67.6 Å². The van der Waals surface area contributed by atoms with E-state index >= 15 is 0 Å². The summed E-state index contributed by atoms with van der Waals surface area (Å²) in [6.45, 7) is 0.884. The molecule has 0 aliphatic heterocycles. The molecule has 5 nitrogen and oxygen atoms in total. The third kappa shape index (κ3) is 4.05. The molecule has 0 saturated heterocycles. The highest BCUT2D eigenvalue weighted by molar-refractivity contribution is 7.81. The zero-order chi connectivity index (χ0) is 21.7. The van der Waals surface area contributed by atoms with Crippen LogP contribution in [0.15, 0.2) is 60.7 Å². The highest BCUT2D eigenvalue weighted by Crippen LogP contribution is 2.61. The molecule has 0 aliphatic carbocycles. The van der Waals surface area contributed by atoms with Crippen molar-refractivity contribution in [2.75, 3.05) is 12.5 Å². The highest BCUT2D eigenvalue weighted by atomic mass is 35.5. The Hall–Kier alpha value is -2.31. The minimum Gasteiger partial charge on any atom is -0.464 e. The van der Waals surface area contributed by atoms with Crippen LogP contribution in [0.1, 0.15) is 6.92 Å². The summed E-state index contributed by atoms with van der Waals surface area (Å²) in [7, 11) is -4.93. The number of halogens is 4. The quantitative estimate of drug-likeness (QED) is 0.402. The van der Waals surface area contributed by atoms with Crippen molar-refractivity contribution in [3.63, 3.8) is 0 Å². The fourth-order valence-corrected chi connectivity index (χ4v) is 6.19. The van der Waals surface area contributed by atoms with E-state index in [-0.39, 0.29) is 10.6 Å². The van der Waals surface area contributed by atoms with Gasteiger partial charge in [0.25, 0.3) is 5.28 Å². The van der Waals surface area contributed by atoms with Crippen molar-refractivity contribution < 1.29 is 32.1 Å². The van der Waals surface area contributed by atoms with E-state index in [9.17, 15) is 27.3 Å². The van der Waals surface area contributed by atoms with Crippen molar-refractivity contribution >= 4 is 41.2 Å². The summed E-state index contributed by atoms with van der Waals surface area (Å²) in [5, 5.41) is -2.79. The van der Waals surface area contributed by atoms with Crippen LogP contribution in [-0.4, -0.2) is 35.8 Å². The maximum atomic E-state index is 14.6. The van der Waals surface area contributed by atoms with E-state index in [1.54, 1.807) is 5.32 Å². The van der Waals surface area contributed by atoms with Crippen LogP contribution >= 0.6 is 18.7 Å². The third-order valence-electron chi connectivity index (χ3n) is 4.13. The molecular formula is C19H18ClF3NO4P. The second-order valence-electron chi connectivity index (χ2n) is 5.89. The molecule has 0 aromatic heterocycles. The van der Waals surface area contributed by atoms with Crippen LogP contribution in [0.4, 0.5) is 13.2 Å². The normalized spacial score (nSPS) is 14.0. The van der Waals surface area contributed by atoms with Crippen LogP contribution in [0.25, 0.3) is 0 Å². The fourth-order valence-electron chi connectivity index (χ4n) is 2.91. The first-order chi connectivity index (χ1) is 13.6. The number of carbonyl (C=O) groups is 2. The summed E-state index contributed by atoms with van der Waals surface area (Å²) in [6.07, 6.45) is -5.47. The SMILES string of the molecule is CCOC(=O)C(NC(=O)CCl)(C(F)(F)F)P(=O)(c1ccccc1)c1ccccc1. The van der Waals surface area contributed by atoms with Gasteiger partial charge in [0.1, 0.15) is 5.88 Å². The van der Waals surface area contributed by atoms with Gasteiger partial charge in [0.2, 0.25) is 5.91 Å². The van der Waals surface area contributed by atoms with Crippen LogP contribution in [0.3, 0.4) is 0 Å². The fraction of sp³-hybridized carbons (Fsp3) is 0.263. The zero-order valence-corrected chi connectivity index (χ0v) is 16.9. The molecule has 0 saturated carbocycles. The molecule has 156 valence electrons. The molecule has 0 spiro atoms. The molecule has 2 aromatic carbocycles. The largest absolute Gasteiger partial charge is 0.464 e. The molecule has 0 radical (unpaired) electrons. The summed E-state index contributed by atoms with van der Waals surface area (Å²) in [5.41, 5.74) is 0. The number of hydrogen-bond donors (Lipinski definition) is 1. The predicted octanol–water partition coefficient (Wildman–Crippen LogP) is 3.18. The molecular weight excluding hydrogens is 430 g/mol. The Bertz CT molecular complexity index is 865. The van der Waals surface area contributed by atoms with E-state index < -0.39 is 43.0 Å². The summed E-state index contributed by atoms with van der Waals surface area (Å²) in [6, 6.07) is 13.4. The van der Waals surface area contributed by atoms with Crippen LogP contribution in [0, 0.1) is 0 Å². The molecule has 2 rings (SSSR count). The number of carbonyl (C=O) groups excluding carboxylic acids is 2. The topological polar surface area (TPSA) is 72.5 Å². The molecule has 0 bridgehead atoms. The monoisotopic (exact) mass is 447 g/mol. The Balaban J connectivity index is 2.99. The molecule has 1 N–H and O–H groups in total. The lowest BCUT2D eigenvalue weighted by atomic mass is 10.2. The Morgan fingerprint density at radius 2 is 1.45 bits per heavy atom. The third-order valence-corrected chi connectivity index (χ3v) is 7.92. The lowest BCUT2D eigenvalue weighted by molar-refractivity contribution is -0.195. The van der Waals surface area contributed by atoms with Crippen LogP contribution < -0.4 is 15.9 Å². The van der Waals surface area contributed by atoms with Gasteiger partial charge in [-0.1, -0.05) is 60.7 Å². The number of amides is 1. The van der Waals surface area contributed by atoms with Crippen molar-refractivity contribution in [3.8, 4) is 0 Å². The van der Waals surface area contributed by atoms with Crippen molar-refractivity contribution in [3.05, 3.63) is 60.7 Å². The van der Waals surface area contributed by atoms with E-state index in [2.05, 4.69) is 4.74 Å². The van der Waals surface area contributed by atoms with Crippen molar-refractivity contribution in [2.45, 2.75) is 18.4 Å². The smallest absolute Gasteiger partial charge is 0.430 e. The second kappa shape index (κ2) is 9.01. The van der Waals surface area contributed by atoms with Gasteiger partial charge < -0.3 is 14.6 Å². The number of ether oxygens (including phenoxy) is 1.